The van der Waals surface area contributed by atoms with Crippen molar-refractivity contribution in [3.8, 4) is 0 Å². The molecule has 0 aliphatic carbocycles. The van der Waals surface area contributed by atoms with Crippen LogP contribution in [-0.2, 0) is 16.0 Å². The molecule has 1 aliphatic rings. The van der Waals surface area contributed by atoms with E-state index in [2.05, 4.69) is 0 Å². The Bertz CT molecular complexity index is 584. The lowest BCUT2D eigenvalue weighted by Crippen LogP contribution is -2.58. The zero-order valence-electron chi connectivity index (χ0n) is 13.7. The fourth-order valence-electron chi connectivity index (χ4n) is 3.14. The molecular formula is C16H23NO5. The van der Waals surface area contributed by atoms with Crippen LogP contribution in [0.4, 0.5) is 0 Å². The predicted octanol–water partition coefficient (Wildman–Crippen LogP) is 2.24. The van der Waals surface area contributed by atoms with E-state index < -0.39 is 17.2 Å². The molecule has 122 valence electrons. The van der Waals surface area contributed by atoms with E-state index in [0.29, 0.717) is 24.2 Å². The zero-order valence-corrected chi connectivity index (χ0v) is 13.7. The average Bonchev–Trinajstić information content (AvgIpc) is 2.64. The summed E-state index contributed by atoms with van der Waals surface area (Å²) in [6.45, 7) is 10.4. The molecule has 22 heavy (non-hydrogen) atoms. The summed E-state index contributed by atoms with van der Waals surface area (Å²) in [5.74, 6) is -1.02. The summed E-state index contributed by atoms with van der Waals surface area (Å²) in [7, 11) is 0. The number of amides is 1. The Labute approximate surface area is 130 Å². The molecule has 1 fully saturated rings. The number of aryl methyl sites for hydroxylation is 1. The number of carbonyl (C=O) groups is 2. The van der Waals surface area contributed by atoms with Crippen molar-refractivity contribution in [2.24, 2.45) is 0 Å². The van der Waals surface area contributed by atoms with E-state index in [1.165, 1.54) is 6.26 Å². The molecule has 0 saturated carbocycles. The van der Waals surface area contributed by atoms with Crippen molar-refractivity contribution in [2.45, 2.75) is 52.2 Å². The van der Waals surface area contributed by atoms with Gasteiger partial charge < -0.3 is 19.2 Å². The van der Waals surface area contributed by atoms with Crippen LogP contribution in [-0.4, -0.2) is 46.2 Å². The van der Waals surface area contributed by atoms with Gasteiger partial charge in [0.05, 0.1) is 23.0 Å². The number of morpholine rings is 1. The molecule has 0 unspecified atom stereocenters. The second-order valence-electron chi connectivity index (χ2n) is 7.07. The van der Waals surface area contributed by atoms with Crippen LogP contribution in [0.15, 0.2) is 10.7 Å². The van der Waals surface area contributed by atoms with E-state index in [1.807, 2.05) is 27.7 Å². The van der Waals surface area contributed by atoms with Gasteiger partial charge in [-0.25, -0.2) is 0 Å². The molecule has 0 bridgehead atoms. The molecule has 1 saturated heterocycles. The maximum atomic E-state index is 12.9. The Balaban J connectivity index is 2.32. The number of carboxylic acid groups (broad SMARTS) is 1. The maximum absolute atomic E-state index is 12.9. The normalized spacial score (nSPS) is 20.0. The van der Waals surface area contributed by atoms with Gasteiger partial charge in [0, 0.05) is 18.7 Å². The molecule has 0 atom stereocenters. The maximum Gasteiger partial charge on any atom is 0.311 e. The van der Waals surface area contributed by atoms with Crippen molar-refractivity contribution >= 4 is 11.9 Å². The van der Waals surface area contributed by atoms with Crippen molar-refractivity contribution in [3.63, 3.8) is 0 Å². The third kappa shape index (κ3) is 3.50. The smallest absolute Gasteiger partial charge is 0.311 e. The Morgan fingerprint density at radius 2 is 1.77 bits per heavy atom. The molecule has 0 aromatic carbocycles. The van der Waals surface area contributed by atoms with Crippen LogP contribution in [0, 0.1) is 6.92 Å². The molecule has 1 N–H and O–H groups in total. The molecule has 1 aromatic rings. The summed E-state index contributed by atoms with van der Waals surface area (Å²) in [5.41, 5.74) is 0.101. The number of rotatable bonds is 3. The molecular weight excluding hydrogens is 286 g/mol. The van der Waals surface area contributed by atoms with Gasteiger partial charge in [-0.05, 0) is 34.6 Å². The summed E-state index contributed by atoms with van der Waals surface area (Å²) in [5, 5.41) is 8.95. The summed E-state index contributed by atoms with van der Waals surface area (Å²) >= 11 is 0. The van der Waals surface area contributed by atoms with Crippen LogP contribution in [0.5, 0.6) is 0 Å². The lowest BCUT2D eigenvalue weighted by Gasteiger charge is -2.47. The van der Waals surface area contributed by atoms with Gasteiger partial charge in [0.15, 0.2) is 0 Å². The lowest BCUT2D eigenvalue weighted by atomic mass is 9.97. The van der Waals surface area contributed by atoms with Crippen LogP contribution in [0.1, 0.15) is 49.4 Å². The molecule has 0 spiro atoms. The van der Waals surface area contributed by atoms with E-state index in [-0.39, 0.29) is 18.1 Å². The Morgan fingerprint density at radius 3 is 2.27 bits per heavy atom. The second kappa shape index (κ2) is 5.43. The third-order valence-electron chi connectivity index (χ3n) is 3.56. The highest BCUT2D eigenvalue weighted by Crippen LogP contribution is 2.30. The second-order valence-corrected chi connectivity index (χ2v) is 7.07. The fraction of sp³-hybridized carbons (Fsp3) is 0.625. The first-order chi connectivity index (χ1) is 10.0. The van der Waals surface area contributed by atoms with Gasteiger partial charge in [0.1, 0.15) is 12.2 Å². The van der Waals surface area contributed by atoms with Crippen LogP contribution in [0.25, 0.3) is 0 Å². The topological polar surface area (TPSA) is 80.0 Å². The fourth-order valence-corrected chi connectivity index (χ4v) is 3.14. The summed E-state index contributed by atoms with van der Waals surface area (Å²) in [6, 6.07) is 0. The summed E-state index contributed by atoms with van der Waals surface area (Å²) in [4.78, 5) is 25.5. The molecule has 1 aromatic heterocycles. The van der Waals surface area contributed by atoms with Crippen molar-refractivity contribution in [2.75, 3.05) is 13.1 Å². The number of carbonyl (C=O) groups excluding carboxylic acids is 1. The molecule has 2 heterocycles. The van der Waals surface area contributed by atoms with Gasteiger partial charge in [-0.1, -0.05) is 0 Å². The van der Waals surface area contributed by atoms with Crippen LogP contribution in [0.3, 0.4) is 0 Å². The SMILES string of the molecule is Cc1coc(CC(=O)O)c1C(=O)N1CC(C)(C)OC(C)(C)C1. The number of ether oxygens (including phenoxy) is 1. The number of furan rings is 1. The molecule has 1 aliphatic heterocycles. The summed E-state index contributed by atoms with van der Waals surface area (Å²) < 4.78 is 11.2. The molecule has 2 rings (SSSR count). The number of carboxylic acids is 1. The zero-order chi connectivity index (χ0) is 16.7. The Morgan fingerprint density at radius 1 is 1.23 bits per heavy atom. The van der Waals surface area contributed by atoms with Gasteiger partial charge in [-0.3, -0.25) is 9.59 Å². The molecule has 0 radical (unpaired) electrons. The highest BCUT2D eigenvalue weighted by Gasteiger charge is 2.41. The van der Waals surface area contributed by atoms with Crippen molar-refractivity contribution in [1.82, 2.24) is 4.90 Å². The highest BCUT2D eigenvalue weighted by molar-refractivity contribution is 5.97. The van der Waals surface area contributed by atoms with Crippen LogP contribution < -0.4 is 0 Å². The predicted molar refractivity (Wildman–Crippen MR) is 79.9 cm³/mol. The van der Waals surface area contributed by atoms with E-state index in [9.17, 15) is 9.59 Å². The van der Waals surface area contributed by atoms with Gasteiger partial charge in [-0.2, -0.15) is 0 Å². The minimum atomic E-state index is -1.02. The number of hydrogen-bond donors (Lipinski definition) is 1. The average molecular weight is 309 g/mol. The van der Waals surface area contributed by atoms with E-state index in [0.717, 1.165) is 0 Å². The van der Waals surface area contributed by atoms with Crippen LogP contribution >= 0.6 is 0 Å². The number of nitrogens with zero attached hydrogens (tertiary/aromatic N) is 1. The minimum absolute atomic E-state index is 0.202. The number of hydrogen-bond acceptors (Lipinski definition) is 4. The van der Waals surface area contributed by atoms with E-state index in [1.54, 1.807) is 11.8 Å². The highest BCUT2D eigenvalue weighted by atomic mass is 16.5. The number of aliphatic carboxylic acids is 1. The van der Waals surface area contributed by atoms with Crippen molar-refractivity contribution in [1.29, 1.82) is 0 Å². The van der Waals surface area contributed by atoms with Gasteiger partial charge in [0.2, 0.25) is 0 Å². The van der Waals surface area contributed by atoms with E-state index >= 15 is 0 Å². The lowest BCUT2D eigenvalue weighted by molar-refractivity contribution is -0.171. The first kappa shape index (κ1) is 16.5. The first-order valence-electron chi connectivity index (χ1n) is 7.29. The summed E-state index contributed by atoms with van der Waals surface area (Å²) in [6.07, 6.45) is 1.13. The molecule has 1 amide bonds. The quantitative estimate of drug-likeness (QED) is 0.926. The Hall–Kier alpha value is -1.82. The minimum Gasteiger partial charge on any atom is -0.481 e. The van der Waals surface area contributed by atoms with E-state index in [4.69, 9.17) is 14.3 Å². The standard InChI is InChI=1S/C16H23NO5/c1-10-7-21-11(6-12(18)19)13(10)14(20)17-8-15(2,3)22-16(4,5)9-17/h7H,6,8-9H2,1-5H3,(H,18,19). The van der Waals surface area contributed by atoms with Crippen LogP contribution in [0.2, 0.25) is 0 Å². The monoisotopic (exact) mass is 309 g/mol. The van der Waals surface area contributed by atoms with Crippen molar-refractivity contribution in [3.05, 3.63) is 23.2 Å². The first-order valence-corrected chi connectivity index (χ1v) is 7.29. The third-order valence-corrected chi connectivity index (χ3v) is 3.56. The van der Waals surface area contributed by atoms with Gasteiger partial charge >= 0.3 is 5.97 Å². The van der Waals surface area contributed by atoms with Gasteiger partial charge in [-0.15, -0.1) is 0 Å². The van der Waals surface area contributed by atoms with Crippen molar-refractivity contribution < 1.29 is 23.8 Å². The molecule has 6 heteroatoms. The Kier molecular flexibility index (Phi) is 4.08. The van der Waals surface area contributed by atoms with Gasteiger partial charge in [0.25, 0.3) is 5.91 Å². The largest absolute Gasteiger partial charge is 0.481 e. The molecule has 6 nitrogen and oxygen atoms in total.